The average Bonchev–Trinajstić information content (AvgIpc) is 2.14. The highest BCUT2D eigenvalue weighted by molar-refractivity contribution is 5.42. The third-order valence-electron chi connectivity index (χ3n) is 3.13. The summed E-state index contributed by atoms with van der Waals surface area (Å²) in [7, 11) is 0. The van der Waals surface area contributed by atoms with Crippen LogP contribution in [0.5, 0.6) is 5.75 Å². The second kappa shape index (κ2) is 3.77. The summed E-state index contributed by atoms with van der Waals surface area (Å²) < 4.78 is 5.92. The van der Waals surface area contributed by atoms with Crippen LogP contribution in [0.15, 0.2) is 18.2 Å². The molecule has 1 heterocycles. The van der Waals surface area contributed by atoms with E-state index in [9.17, 15) is 5.11 Å². The molecule has 0 radical (unpaired) electrons. The zero-order chi connectivity index (χ0) is 11.9. The molecule has 1 aromatic rings. The Labute approximate surface area is 97.3 Å². The summed E-state index contributed by atoms with van der Waals surface area (Å²) in [6.45, 7) is 8.35. The van der Waals surface area contributed by atoms with Crippen molar-refractivity contribution >= 4 is 0 Å². The van der Waals surface area contributed by atoms with Gasteiger partial charge in [0, 0.05) is 12.0 Å². The molecule has 1 aliphatic rings. The van der Waals surface area contributed by atoms with E-state index in [1.165, 1.54) is 5.56 Å². The molecule has 0 fully saturated rings. The highest BCUT2D eigenvalue weighted by Crippen LogP contribution is 2.40. The molecule has 0 spiro atoms. The summed E-state index contributed by atoms with van der Waals surface area (Å²) in [5.41, 5.74) is 1.90. The predicted molar refractivity (Wildman–Crippen MR) is 64.8 cm³/mol. The third kappa shape index (κ3) is 2.07. The minimum atomic E-state index is -0.403. The molecule has 0 aromatic heterocycles. The van der Waals surface area contributed by atoms with Gasteiger partial charge in [0.1, 0.15) is 11.4 Å². The minimum Gasteiger partial charge on any atom is -0.487 e. The SMILES string of the molecule is CC(C)c1ccc2c(c1)OC(C)(C)CC2O. The Bertz CT molecular complexity index is 394. The Morgan fingerprint density at radius 2 is 2.06 bits per heavy atom. The monoisotopic (exact) mass is 220 g/mol. The number of fused-ring (bicyclic) bond motifs is 1. The van der Waals surface area contributed by atoms with Crippen LogP contribution in [0.1, 0.15) is 57.3 Å². The lowest BCUT2D eigenvalue weighted by molar-refractivity contribution is 0.0114. The topological polar surface area (TPSA) is 29.5 Å². The molecule has 1 aliphatic heterocycles. The van der Waals surface area contributed by atoms with E-state index < -0.39 is 6.10 Å². The van der Waals surface area contributed by atoms with E-state index in [1.54, 1.807) is 0 Å². The second-order valence-corrected chi connectivity index (χ2v) is 5.53. The first-order valence-electron chi connectivity index (χ1n) is 5.90. The summed E-state index contributed by atoms with van der Waals surface area (Å²) in [6, 6.07) is 6.13. The van der Waals surface area contributed by atoms with Crippen molar-refractivity contribution in [2.24, 2.45) is 0 Å². The minimum absolute atomic E-state index is 0.276. The molecule has 0 aliphatic carbocycles. The van der Waals surface area contributed by atoms with E-state index >= 15 is 0 Å². The number of ether oxygens (including phenoxy) is 1. The van der Waals surface area contributed by atoms with Gasteiger partial charge in [-0.05, 0) is 31.4 Å². The summed E-state index contributed by atoms with van der Waals surface area (Å²) >= 11 is 0. The Hall–Kier alpha value is -1.02. The fourth-order valence-electron chi connectivity index (χ4n) is 2.19. The van der Waals surface area contributed by atoms with E-state index in [0.29, 0.717) is 12.3 Å². The molecular formula is C14H20O2. The Morgan fingerprint density at radius 3 is 2.69 bits per heavy atom. The molecule has 1 aromatic carbocycles. The van der Waals surface area contributed by atoms with E-state index in [-0.39, 0.29) is 5.60 Å². The largest absolute Gasteiger partial charge is 0.487 e. The lowest BCUT2D eigenvalue weighted by Crippen LogP contribution is -2.34. The standard InChI is InChI=1S/C14H20O2/c1-9(2)10-5-6-11-12(15)8-14(3,4)16-13(11)7-10/h5-7,9,12,15H,8H2,1-4H3. The predicted octanol–water partition coefficient (Wildman–Crippen LogP) is 3.40. The molecule has 1 unspecified atom stereocenters. The van der Waals surface area contributed by atoms with Crippen molar-refractivity contribution in [3.05, 3.63) is 29.3 Å². The number of aliphatic hydroxyl groups is 1. The molecule has 2 rings (SSSR count). The van der Waals surface area contributed by atoms with Gasteiger partial charge in [-0.2, -0.15) is 0 Å². The van der Waals surface area contributed by atoms with Crippen LogP contribution in [0.25, 0.3) is 0 Å². The number of hydrogen-bond acceptors (Lipinski definition) is 2. The van der Waals surface area contributed by atoms with Gasteiger partial charge in [0.2, 0.25) is 0 Å². The third-order valence-corrected chi connectivity index (χ3v) is 3.13. The van der Waals surface area contributed by atoms with E-state index in [0.717, 1.165) is 11.3 Å². The van der Waals surface area contributed by atoms with Gasteiger partial charge in [-0.1, -0.05) is 26.0 Å². The Balaban J connectivity index is 2.42. The zero-order valence-corrected chi connectivity index (χ0v) is 10.4. The Morgan fingerprint density at radius 1 is 1.38 bits per heavy atom. The highest BCUT2D eigenvalue weighted by atomic mass is 16.5. The van der Waals surface area contributed by atoms with Crippen molar-refractivity contribution < 1.29 is 9.84 Å². The van der Waals surface area contributed by atoms with Crippen LogP contribution in [0.2, 0.25) is 0 Å². The number of aliphatic hydroxyl groups excluding tert-OH is 1. The van der Waals surface area contributed by atoms with Crippen molar-refractivity contribution in [3.8, 4) is 5.75 Å². The molecule has 16 heavy (non-hydrogen) atoms. The molecule has 1 atom stereocenters. The Kier molecular flexibility index (Phi) is 2.70. The van der Waals surface area contributed by atoms with Gasteiger partial charge >= 0.3 is 0 Å². The van der Waals surface area contributed by atoms with Crippen LogP contribution < -0.4 is 4.74 Å². The van der Waals surface area contributed by atoms with Crippen molar-refractivity contribution in [2.45, 2.75) is 51.7 Å². The molecule has 1 N–H and O–H groups in total. The van der Waals surface area contributed by atoms with E-state index in [1.807, 2.05) is 19.9 Å². The highest BCUT2D eigenvalue weighted by Gasteiger charge is 2.32. The summed E-state index contributed by atoms with van der Waals surface area (Å²) in [6.07, 6.45) is 0.251. The second-order valence-electron chi connectivity index (χ2n) is 5.53. The smallest absolute Gasteiger partial charge is 0.126 e. The molecule has 2 nitrogen and oxygen atoms in total. The number of benzene rings is 1. The van der Waals surface area contributed by atoms with Crippen molar-refractivity contribution in [1.82, 2.24) is 0 Å². The lowest BCUT2D eigenvalue weighted by Gasteiger charge is -2.35. The van der Waals surface area contributed by atoms with Crippen LogP contribution in [-0.2, 0) is 0 Å². The number of hydrogen-bond donors (Lipinski definition) is 1. The molecule has 0 saturated carbocycles. The van der Waals surface area contributed by atoms with Gasteiger partial charge in [-0.25, -0.2) is 0 Å². The van der Waals surface area contributed by atoms with Crippen LogP contribution in [0.3, 0.4) is 0 Å². The molecular weight excluding hydrogens is 200 g/mol. The first-order chi connectivity index (χ1) is 7.39. The fraction of sp³-hybridized carbons (Fsp3) is 0.571. The number of rotatable bonds is 1. The van der Waals surface area contributed by atoms with Gasteiger partial charge in [-0.3, -0.25) is 0 Å². The van der Waals surface area contributed by atoms with Gasteiger partial charge in [0.25, 0.3) is 0 Å². The maximum Gasteiger partial charge on any atom is 0.126 e. The molecule has 0 bridgehead atoms. The maximum atomic E-state index is 10.0. The van der Waals surface area contributed by atoms with Crippen LogP contribution >= 0.6 is 0 Å². The van der Waals surface area contributed by atoms with Gasteiger partial charge in [0.05, 0.1) is 6.10 Å². The van der Waals surface area contributed by atoms with Gasteiger partial charge in [0.15, 0.2) is 0 Å². The quantitative estimate of drug-likeness (QED) is 0.786. The average molecular weight is 220 g/mol. The normalized spacial score (nSPS) is 22.8. The van der Waals surface area contributed by atoms with Crippen molar-refractivity contribution in [1.29, 1.82) is 0 Å². The molecule has 88 valence electrons. The molecule has 0 amide bonds. The summed E-state index contributed by atoms with van der Waals surface area (Å²) in [4.78, 5) is 0. The summed E-state index contributed by atoms with van der Waals surface area (Å²) in [5, 5.41) is 10.0. The van der Waals surface area contributed by atoms with Crippen molar-refractivity contribution in [2.75, 3.05) is 0 Å². The van der Waals surface area contributed by atoms with Crippen LogP contribution in [0, 0.1) is 0 Å². The lowest BCUT2D eigenvalue weighted by atomic mass is 9.90. The van der Waals surface area contributed by atoms with E-state index in [2.05, 4.69) is 26.0 Å². The van der Waals surface area contributed by atoms with Crippen LogP contribution in [-0.4, -0.2) is 10.7 Å². The van der Waals surface area contributed by atoms with Crippen LogP contribution in [0.4, 0.5) is 0 Å². The maximum absolute atomic E-state index is 10.0. The van der Waals surface area contributed by atoms with Crippen molar-refractivity contribution in [3.63, 3.8) is 0 Å². The summed E-state index contributed by atoms with van der Waals surface area (Å²) in [5.74, 6) is 1.33. The first-order valence-corrected chi connectivity index (χ1v) is 5.90. The first kappa shape index (κ1) is 11.5. The van der Waals surface area contributed by atoms with E-state index in [4.69, 9.17) is 4.74 Å². The molecule has 0 saturated heterocycles. The van der Waals surface area contributed by atoms with Gasteiger partial charge in [-0.15, -0.1) is 0 Å². The fourth-order valence-corrected chi connectivity index (χ4v) is 2.19. The van der Waals surface area contributed by atoms with Gasteiger partial charge < -0.3 is 9.84 Å². The zero-order valence-electron chi connectivity index (χ0n) is 10.4. The molecule has 2 heteroatoms.